The van der Waals surface area contributed by atoms with Crippen molar-refractivity contribution in [2.24, 2.45) is 5.92 Å². The van der Waals surface area contributed by atoms with Crippen LogP contribution in [0.15, 0.2) is 12.3 Å². The minimum Gasteiger partial charge on any atom is -0.356 e. The van der Waals surface area contributed by atoms with Crippen molar-refractivity contribution >= 4 is 5.82 Å². The molecule has 3 nitrogen and oxygen atoms in total. The quantitative estimate of drug-likeness (QED) is 0.860. The van der Waals surface area contributed by atoms with Crippen LogP contribution in [-0.4, -0.2) is 24.6 Å². The van der Waals surface area contributed by atoms with Gasteiger partial charge in [-0.15, -0.1) is 0 Å². The molecular formula is C18H31N3. The SMILES string of the molecule is Cc1cc(CNCC(C)C)cnc1N(C)C1CCCCC1. The molecule has 0 spiro atoms. The van der Waals surface area contributed by atoms with Crippen LogP contribution in [0.5, 0.6) is 0 Å². The molecule has 0 radical (unpaired) electrons. The highest BCUT2D eigenvalue weighted by Gasteiger charge is 2.20. The topological polar surface area (TPSA) is 28.2 Å². The highest BCUT2D eigenvalue weighted by atomic mass is 15.2. The predicted molar refractivity (Wildman–Crippen MR) is 90.8 cm³/mol. The maximum Gasteiger partial charge on any atom is 0.131 e. The van der Waals surface area contributed by atoms with Crippen LogP contribution in [-0.2, 0) is 6.54 Å². The fourth-order valence-electron chi connectivity index (χ4n) is 3.24. The smallest absolute Gasteiger partial charge is 0.131 e. The Balaban J connectivity index is 1.97. The molecule has 118 valence electrons. The van der Waals surface area contributed by atoms with Crippen LogP contribution < -0.4 is 10.2 Å². The van der Waals surface area contributed by atoms with E-state index in [0.717, 1.165) is 18.9 Å². The third-order valence-corrected chi connectivity index (χ3v) is 4.45. The van der Waals surface area contributed by atoms with Crippen molar-refractivity contribution in [2.75, 3.05) is 18.5 Å². The first kappa shape index (κ1) is 16.3. The van der Waals surface area contributed by atoms with Crippen molar-refractivity contribution in [3.05, 3.63) is 23.4 Å². The van der Waals surface area contributed by atoms with Crippen LogP contribution in [0.3, 0.4) is 0 Å². The van der Waals surface area contributed by atoms with E-state index >= 15 is 0 Å². The Morgan fingerprint density at radius 1 is 1.29 bits per heavy atom. The molecule has 1 aliphatic rings. The van der Waals surface area contributed by atoms with Crippen molar-refractivity contribution in [3.63, 3.8) is 0 Å². The Kier molecular flexibility index (Phi) is 6.04. The van der Waals surface area contributed by atoms with Crippen LogP contribution in [0, 0.1) is 12.8 Å². The van der Waals surface area contributed by atoms with Gasteiger partial charge in [0.1, 0.15) is 5.82 Å². The first-order valence-electron chi connectivity index (χ1n) is 8.47. The summed E-state index contributed by atoms with van der Waals surface area (Å²) in [7, 11) is 2.21. The van der Waals surface area contributed by atoms with Gasteiger partial charge in [0.25, 0.3) is 0 Å². The molecule has 1 aromatic heterocycles. The Morgan fingerprint density at radius 2 is 2.00 bits per heavy atom. The standard InChI is InChI=1S/C18H31N3/c1-14(2)11-19-12-16-10-15(3)18(20-13-16)21(4)17-8-6-5-7-9-17/h10,13-14,17,19H,5-9,11-12H2,1-4H3. The number of nitrogens with zero attached hydrogens (tertiary/aromatic N) is 2. The van der Waals surface area contributed by atoms with E-state index < -0.39 is 0 Å². The Labute approximate surface area is 130 Å². The lowest BCUT2D eigenvalue weighted by molar-refractivity contribution is 0.425. The molecule has 0 saturated heterocycles. The molecule has 2 rings (SSSR count). The molecule has 0 atom stereocenters. The molecule has 1 heterocycles. The lowest BCUT2D eigenvalue weighted by Crippen LogP contribution is -2.34. The number of aromatic nitrogens is 1. The molecule has 0 unspecified atom stereocenters. The van der Waals surface area contributed by atoms with Gasteiger partial charge in [0.05, 0.1) is 0 Å². The molecule has 1 saturated carbocycles. The van der Waals surface area contributed by atoms with E-state index in [4.69, 9.17) is 4.98 Å². The van der Waals surface area contributed by atoms with Gasteiger partial charge in [-0.3, -0.25) is 0 Å². The van der Waals surface area contributed by atoms with Crippen molar-refractivity contribution in [1.82, 2.24) is 10.3 Å². The monoisotopic (exact) mass is 289 g/mol. The summed E-state index contributed by atoms with van der Waals surface area (Å²) in [5, 5.41) is 3.49. The Hall–Kier alpha value is -1.09. The Bertz CT molecular complexity index is 436. The van der Waals surface area contributed by atoms with Crippen LogP contribution in [0.2, 0.25) is 0 Å². The average Bonchev–Trinajstić information content (AvgIpc) is 2.47. The van der Waals surface area contributed by atoms with Crippen LogP contribution >= 0.6 is 0 Å². The maximum atomic E-state index is 4.74. The fourth-order valence-corrected chi connectivity index (χ4v) is 3.24. The van der Waals surface area contributed by atoms with E-state index in [2.05, 4.69) is 44.1 Å². The molecular weight excluding hydrogens is 258 g/mol. The molecule has 21 heavy (non-hydrogen) atoms. The van der Waals surface area contributed by atoms with E-state index in [1.807, 2.05) is 6.20 Å². The maximum absolute atomic E-state index is 4.74. The largest absolute Gasteiger partial charge is 0.356 e. The van der Waals surface area contributed by atoms with Crippen LogP contribution in [0.1, 0.15) is 57.1 Å². The minimum atomic E-state index is 0.676. The fraction of sp³-hybridized carbons (Fsp3) is 0.722. The van der Waals surface area contributed by atoms with Gasteiger partial charge >= 0.3 is 0 Å². The molecule has 1 fully saturated rings. The molecule has 1 aromatic rings. The molecule has 0 aromatic carbocycles. The highest BCUT2D eigenvalue weighted by Crippen LogP contribution is 2.27. The second kappa shape index (κ2) is 7.79. The number of pyridine rings is 1. The lowest BCUT2D eigenvalue weighted by atomic mass is 9.94. The third-order valence-electron chi connectivity index (χ3n) is 4.45. The van der Waals surface area contributed by atoms with Gasteiger partial charge in [0.2, 0.25) is 0 Å². The predicted octanol–water partition coefficient (Wildman–Crippen LogP) is 3.90. The van der Waals surface area contributed by atoms with Gasteiger partial charge in [-0.1, -0.05) is 33.1 Å². The summed E-state index contributed by atoms with van der Waals surface area (Å²) < 4.78 is 0. The zero-order valence-corrected chi connectivity index (χ0v) is 14.2. The zero-order chi connectivity index (χ0) is 15.2. The number of anilines is 1. The number of nitrogens with one attached hydrogen (secondary N) is 1. The molecule has 1 aliphatic carbocycles. The summed E-state index contributed by atoms with van der Waals surface area (Å²) in [6, 6.07) is 2.96. The van der Waals surface area contributed by atoms with E-state index in [0.29, 0.717) is 12.0 Å². The summed E-state index contributed by atoms with van der Waals surface area (Å²) in [6.45, 7) is 8.63. The number of hydrogen-bond acceptors (Lipinski definition) is 3. The average molecular weight is 289 g/mol. The van der Waals surface area contributed by atoms with Gasteiger partial charge < -0.3 is 10.2 Å². The highest BCUT2D eigenvalue weighted by molar-refractivity contribution is 5.47. The number of aryl methyl sites for hydroxylation is 1. The summed E-state index contributed by atoms with van der Waals surface area (Å²) in [5.41, 5.74) is 2.58. The summed E-state index contributed by atoms with van der Waals surface area (Å²) in [6.07, 6.45) is 8.80. The van der Waals surface area contributed by atoms with Gasteiger partial charge in [0, 0.05) is 25.8 Å². The van der Waals surface area contributed by atoms with Gasteiger partial charge in [0.15, 0.2) is 0 Å². The lowest BCUT2D eigenvalue weighted by Gasteiger charge is -2.33. The molecule has 1 N–H and O–H groups in total. The van der Waals surface area contributed by atoms with Crippen LogP contribution in [0.25, 0.3) is 0 Å². The molecule has 3 heteroatoms. The summed E-state index contributed by atoms with van der Waals surface area (Å²) >= 11 is 0. The first-order chi connectivity index (χ1) is 10.1. The molecule has 0 aliphatic heterocycles. The summed E-state index contributed by atoms with van der Waals surface area (Å²) in [5.74, 6) is 1.85. The molecule has 0 bridgehead atoms. The number of hydrogen-bond donors (Lipinski definition) is 1. The third kappa shape index (κ3) is 4.70. The van der Waals surface area contributed by atoms with E-state index in [1.165, 1.54) is 43.2 Å². The van der Waals surface area contributed by atoms with Gasteiger partial charge in [-0.25, -0.2) is 4.98 Å². The number of rotatable bonds is 6. The van der Waals surface area contributed by atoms with Crippen LogP contribution in [0.4, 0.5) is 5.82 Å². The van der Waals surface area contributed by atoms with E-state index in [1.54, 1.807) is 0 Å². The zero-order valence-electron chi connectivity index (χ0n) is 14.2. The second-order valence-corrected chi connectivity index (χ2v) is 6.91. The molecule has 0 amide bonds. The summed E-state index contributed by atoms with van der Waals surface area (Å²) in [4.78, 5) is 7.14. The Morgan fingerprint density at radius 3 is 2.62 bits per heavy atom. The minimum absolute atomic E-state index is 0.676. The van der Waals surface area contributed by atoms with E-state index in [-0.39, 0.29) is 0 Å². The first-order valence-corrected chi connectivity index (χ1v) is 8.47. The van der Waals surface area contributed by atoms with E-state index in [9.17, 15) is 0 Å². The van der Waals surface area contributed by atoms with Gasteiger partial charge in [-0.05, 0) is 49.4 Å². The van der Waals surface area contributed by atoms with Gasteiger partial charge in [-0.2, -0.15) is 0 Å². The van der Waals surface area contributed by atoms with Crippen molar-refractivity contribution < 1.29 is 0 Å². The van der Waals surface area contributed by atoms with Crippen molar-refractivity contribution in [2.45, 2.75) is 65.5 Å². The van der Waals surface area contributed by atoms with Crippen molar-refractivity contribution in [3.8, 4) is 0 Å². The normalized spacial score (nSPS) is 16.4. The second-order valence-electron chi connectivity index (χ2n) is 6.91. The van der Waals surface area contributed by atoms with Crippen molar-refractivity contribution in [1.29, 1.82) is 0 Å².